The van der Waals surface area contributed by atoms with Crippen LogP contribution in [0.15, 0.2) is 59.8 Å². The largest absolute Gasteiger partial charge is 0.508 e. The first-order valence-electron chi connectivity index (χ1n) is 21.9. The third-order valence-electron chi connectivity index (χ3n) is 11.3. The number of nitrogens with one attached hydrogen (secondary N) is 2. The first kappa shape index (κ1) is 50.2. The molecule has 0 bridgehead atoms. The van der Waals surface area contributed by atoms with Gasteiger partial charge in [0.15, 0.2) is 17.7 Å². The fourth-order valence-corrected chi connectivity index (χ4v) is 7.86. The number of phenolic OH excluding ortho intramolecular Hbond substituents is 2. The van der Waals surface area contributed by atoms with Gasteiger partial charge in [0.1, 0.15) is 17.5 Å². The Labute approximate surface area is 374 Å². The lowest BCUT2D eigenvalue weighted by Gasteiger charge is -2.30. The summed E-state index contributed by atoms with van der Waals surface area (Å²) in [5.41, 5.74) is 9.08. The van der Waals surface area contributed by atoms with Gasteiger partial charge in [-0.1, -0.05) is 78.3 Å². The van der Waals surface area contributed by atoms with Crippen LogP contribution in [-0.2, 0) is 32.3 Å². The van der Waals surface area contributed by atoms with E-state index in [-0.39, 0.29) is 48.1 Å². The zero-order valence-corrected chi connectivity index (χ0v) is 37.9. The molecule has 17 nitrogen and oxygen atoms in total. The van der Waals surface area contributed by atoms with Gasteiger partial charge in [0.2, 0.25) is 24.6 Å². The Bertz CT molecular complexity index is 2230. The third kappa shape index (κ3) is 12.6. The highest BCUT2D eigenvalue weighted by atomic mass is 16.3. The molecule has 6 N–H and O–H groups in total. The minimum absolute atomic E-state index is 0.0324. The summed E-state index contributed by atoms with van der Waals surface area (Å²) in [5.74, 6) is 0.960. The van der Waals surface area contributed by atoms with Crippen molar-refractivity contribution in [2.75, 3.05) is 18.4 Å². The highest BCUT2D eigenvalue weighted by Crippen LogP contribution is 2.39. The second-order valence-corrected chi connectivity index (χ2v) is 16.9. The quantitative estimate of drug-likeness (QED) is 0.0562. The van der Waals surface area contributed by atoms with E-state index < -0.39 is 18.0 Å². The van der Waals surface area contributed by atoms with E-state index in [9.17, 15) is 34.3 Å². The number of hydrogen-bond donors (Lipinski definition) is 5. The minimum atomic E-state index is -0.718. The van der Waals surface area contributed by atoms with Gasteiger partial charge in [-0.2, -0.15) is 4.91 Å². The SMILES string of the molecule is CCC(N=O)c1nnc(-c2cc(C(C)C)c(O)cc2O)n1-c1ccc(CN2CCC(C)CC2)cc1.CCCC(C(=O)NC=O)N1Cc2c(NC(=O)CC(C)C)cccc2C1=O.NC=O. The Kier molecular flexibility index (Phi) is 18.7. The summed E-state index contributed by atoms with van der Waals surface area (Å²) in [4.78, 5) is 71.8. The standard InChI is InChI=1S/C27H35N5O3.C19H25N3O4.CH3NO/c1-5-23(30-35)27-29-28-26(22-14-21(17(2)3)24(33)15-25(22)34)32(27)20-8-6-19(7-9-20)16-31-12-10-18(4)11-13-31;1-4-6-16(18(25)20-11-23)22-10-14-13(19(22)26)7-5-8-15(14)21-17(24)9-12(2)3;2-1-3/h6-9,14-15,17-18,23,33-34H,5,10-13,16H2,1-4H3;5,7-8,11-12,16H,4,6,9-10H2,1-3H3,(H,21,24)(H,20,23,25);1H,(H2,2,3). The van der Waals surface area contributed by atoms with Gasteiger partial charge in [-0.3, -0.25) is 38.8 Å². The lowest BCUT2D eigenvalue weighted by molar-refractivity contribution is -0.129. The first-order chi connectivity index (χ1) is 30.6. The van der Waals surface area contributed by atoms with E-state index in [1.807, 2.05) is 53.7 Å². The molecule has 6 rings (SSSR count). The zero-order valence-electron chi connectivity index (χ0n) is 37.9. The molecular weight excluding hydrogens is 819 g/mol. The van der Waals surface area contributed by atoms with E-state index in [2.05, 4.69) is 55.7 Å². The Morgan fingerprint density at radius 1 is 0.969 bits per heavy atom. The monoisotopic (exact) mass is 881 g/mol. The smallest absolute Gasteiger partial charge is 0.255 e. The van der Waals surface area contributed by atoms with Crippen molar-refractivity contribution in [3.05, 3.63) is 87.6 Å². The molecule has 5 amide bonds. The maximum Gasteiger partial charge on any atom is 0.255 e. The number of anilines is 1. The van der Waals surface area contributed by atoms with Gasteiger partial charge in [0, 0.05) is 48.1 Å². The summed E-state index contributed by atoms with van der Waals surface area (Å²) in [6, 6.07) is 15.0. The molecule has 1 saturated heterocycles. The molecule has 64 heavy (non-hydrogen) atoms. The number of benzene rings is 3. The molecule has 1 fully saturated rings. The van der Waals surface area contributed by atoms with Crippen LogP contribution in [0.25, 0.3) is 17.1 Å². The number of nitrogens with two attached hydrogens (primary N) is 1. The Hall–Kier alpha value is -6.49. The van der Waals surface area contributed by atoms with Gasteiger partial charge in [0.05, 0.1) is 5.56 Å². The maximum atomic E-state index is 12.8. The lowest BCUT2D eigenvalue weighted by Crippen LogP contribution is -2.46. The third-order valence-corrected chi connectivity index (χ3v) is 11.3. The van der Waals surface area contributed by atoms with Crippen molar-refractivity contribution in [1.29, 1.82) is 0 Å². The van der Waals surface area contributed by atoms with Crippen molar-refractivity contribution < 1.29 is 34.2 Å². The molecule has 0 radical (unpaired) electrons. The number of rotatable bonds is 16. The molecule has 0 saturated carbocycles. The number of nitroso groups, excluding NO2 is 1. The number of imide groups is 1. The molecule has 17 heteroatoms. The minimum Gasteiger partial charge on any atom is -0.508 e. The number of amides is 5. The Morgan fingerprint density at radius 3 is 2.22 bits per heavy atom. The molecule has 3 aromatic carbocycles. The van der Waals surface area contributed by atoms with Gasteiger partial charge >= 0.3 is 0 Å². The van der Waals surface area contributed by atoms with Crippen LogP contribution in [0.5, 0.6) is 11.5 Å². The summed E-state index contributed by atoms with van der Waals surface area (Å²) < 4.78 is 1.79. The molecule has 0 spiro atoms. The predicted octanol–water partition coefficient (Wildman–Crippen LogP) is 7.09. The number of primary amides is 1. The van der Waals surface area contributed by atoms with Crippen molar-refractivity contribution in [2.24, 2.45) is 22.7 Å². The molecule has 2 aliphatic rings. The molecular formula is C47H63N9O8. The molecule has 2 unspecified atom stereocenters. The van der Waals surface area contributed by atoms with Crippen LogP contribution >= 0.6 is 0 Å². The van der Waals surface area contributed by atoms with Crippen LogP contribution in [0, 0.1) is 16.7 Å². The van der Waals surface area contributed by atoms with E-state index in [0.29, 0.717) is 71.7 Å². The highest BCUT2D eigenvalue weighted by molar-refractivity contribution is 6.04. The number of fused-ring (bicyclic) bond motifs is 1. The van der Waals surface area contributed by atoms with E-state index in [0.717, 1.165) is 31.2 Å². The number of likely N-dealkylation sites (tertiary alicyclic amines) is 1. The summed E-state index contributed by atoms with van der Waals surface area (Å²) >= 11 is 0. The van der Waals surface area contributed by atoms with Gasteiger partial charge in [-0.05, 0) is 98.0 Å². The van der Waals surface area contributed by atoms with Crippen molar-refractivity contribution in [3.8, 4) is 28.6 Å². The van der Waals surface area contributed by atoms with Crippen molar-refractivity contribution >= 4 is 36.2 Å². The van der Waals surface area contributed by atoms with E-state index in [4.69, 9.17) is 4.79 Å². The van der Waals surface area contributed by atoms with Gasteiger partial charge in [-0.25, -0.2) is 0 Å². The van der Waals surface area contributed by atoms with E-state index >= 15 is 0 Å². The first-order valence-corrected chi connectivity index (χ1v) is 21.9. The zero-order chi connectivity index (χ0) is 47.1. The average Bonchev–Trinajstić information content (AvgIpc) is 3.83. The summed E-state index contributed by atoms with van der Waals surface area (Å²) in [5, 5.41) is 37.9. The fourth-order valence-electron chi connectivity index (χ4n) is 7.86. The van der Waals surface area contributed by atoms with Crippen molar-refractivity contribution in [1.82, 2.24) is 29.9 Å². The summed E-state index contributed by atoms with van der Waals surface area (Å²) in [6.45, 7) is 17.3. The van der Waals surface area contributed by atoms with Gasteiger partial charge in [0.25, 0.3) is 5.91 Å². The van der Waals surface area contributed by atoms with E-state index in [1.165, 1.54) is 29.4 Å². The average molecular weight is 882 g/mol. The second kappa shape index (κ2) is 23.8. The van der Waals surface area contributed by atoms with Crippen LogP contribution in [0.2, 0.25) is 0 Å². The van der Waals surface area contributed by atoms with Crippen molar-refractivity contribution in [3.63, 3.8) is 0 Å². The van der Waals surface area contributed by atoms with Crippen LogP contribution < -0.4 is 16.4 Å². The van der Waals surface area contributed by atoms with Crippen LogP contribution in [0.4, 0.5) is 5.69 Å². The number of nitrogens with zero attached hydrogens (tertiary/aromatic N) is 6. The molecule has 2 aliphatic heterocycles. The summed E-state index contributed by atoms with van der Waals surface area (Å²) in [6.07, 6.45) is 5.06. The number of carbonyl (C=O) groups is 5. The fraction of sp³-hybridized carbons (Fsp3) is 0.468. The number of phenols is 2. The van der Waals surface area contributed by atoms with Crippen LogP contribution in [0.1, 0.15) is 132 Å². The predicted molar refractivity (Wildman–Crippen MR) is 244 cm³/mol. The Balaban J connectivity index is 0.000000275. The highest BCUT2D eigenvalue weighted by Gasteiger charge is 2.37. The number of aromatic hydroxyl groups is 2. The summed E-state index contributed by atoms with van der Waals surface area (Å²) in [7, 11) is 0. The van der Waals surface area contributed by atoms with E-state index in [1.54, 1.807) is 28.8 Å². The van der Waals surface area contributed by atoms with Crippen molar-refractivity contribution in [2.45, 2.75) is 118 Å². The number of carbonyl (C=O) groups excluding carboxylic acids is 5. The van der Waals surface area contributed by atoms with Crippen LogP contribution in [-0.4, -0.2) is 84.5 Å². The topological polar surface area (TPSA) is 243 Å². The molecule has 0 aliphatic carbocycles. The molecule has 3 heterocycles. The number of hydrogen-bond acceptors (Lipinski definition) is 12. The molecule has 344 valence electrons. The number of piperidine rings is 1. The van der Waals surface area contributed by atoms with Gasteiger partial charge in [-0.15, -0.1) is 10.2 Å². The number of aromatic nitrogens is 3. The second-order valence-electron chi connectivity index (χ2n) is 16.9. The molecule has 1 aromatic heterocycles. The van der Waals surface area contributed by atoms with Gasteiger partial charge < -0.3 is 26.2 Å². The Morgan fingerprint density at radius 2 is 1.64 bits per heavy atom. The molecule has 4 aromatic rings. The van der Waals surface area contributed by atoms with Crippen LogP contribution in [0.3, 0.4) is 0 Å². The lowest BCUT2D eigenvalue weighted by atomic mass is 9.98. The maximum absolute atomic E-state index is 12.8. The molecule has 2 atom stereocenters. The normalized spacial score (nSPS) is 14.7.